The zero-order valence-electron chi connectivity index (χ0n) is 18.3. The number of pyridine rings is 1. The maximum absolute atomic E-state index is 12.8. The topological polar surface area (TPSA) is 104 Å². The number of fused-ring (bicyclic) bond motifs is 1. The fourth-order valence-corrected chi connectivity index (χ4v) is 3.34. The predicted octanol–water partition coefficient (Wildman–Crippen LogP) is 4.57. The lowest BCUT2D eigenvalue weighted by molar-refractivity contribution is -0.274. The van der Waals surface area contributed by atoms with E-state index in [2.05, 4.69) is 20.2 Å². The van der Waals surface area contributed by atoms with Gasteiger partial charge in [0.05, 0.1) is 22.3 Å². The third kappa shape index (κ3) is 5.75. The first-order chi connectivity index (χ1) is 16.7. The Labute approximate surface area is 196 Å². The molecule has 0 unspecified atom stereocenters. The van der Waals surface area contributed by atoms with Crippen molar-refractivity contribution in [2.45, 2.75) is 19.8 Å². The zero-order chi connectivity index (χ0) is 25.0. The van der Waals surface area contributed by atoms with Crippen LogP contribution < -0.4 is 10.1 Å². The summed E-state index contributed by atoms with van der Waals surface area (Å²) in [5.41, 5.74) is 1.96. The normalized spacial score (nSPS) is 11.3. The number of para-hydroxylation sites is 1. The highest BCUT2D eigenvalue weighted by molar-refractivity contribution is 6.04. The van der Waals surface area contributed by atoms with E-state index in [0.717, 1.165) is 11.6 Å². The SMILES string of the molecule is Cc1noc2nc(-c3ccccc3)cc(C(=O)OCC(=O)NCc3ccccc3OC(F)(F)F)c12. The molecule has 0 aliphatic heterocycles. The number of hydrogen-bond donors (Lipinski definition) is 1. The van der Waals surface area contributed by atoms with Gasteiger partial charge in [0.2, 0.25) is 0 Å². The van der Waals surface area contributed by atoms with Crippen LogP contribution in [0.5, 0.6) is 5.75 Å². The number of alkyl halides is 3. The van der Waals surface area contributed by atoms with Crippen LogP contribution in [0.1, 0.15) is 21.6 Å². The number of esters is 1. The fraction of sp³-hybridized carbons (Fsp3) is 0.167. The summed E-state index contributed by atoms with van der Waals surface area (Å²) in [7, 11) is 0. The van der Waals surface area contributed by atoms with Crippen LogP contribution in [0.25, 0.3) is 22.4 Å². The van der Waals surface area contributed by atoms with Crippen molar-refractivity contribution in [3.8, 4) is 17.0 Å². The van der Waals surface area contributed by atoms with Crippen molar-refractivity contribution in [3.05, 3.63) is 77.5 Å². The highest BCUT2D eigenvalue weighted by Crippen LogP contribution is 2.28. The molecule has 0 spiro atoms. The van der Waals surface area contributed by atoms with E-state index in [1.807, 2.05) is 18.2 Å². The van der Waals surface area contributed by atoms with E-state index in [9.17, 15) is 22.8 Å². The van der Waals surface area contributed by atoms with Gasteiger partial charge in [-0.05, 0) is 19.1 Å². The van der Waals surface area contributed by atoms with Gasteiger partial charge in [-0.1, -0.05) is 53.7 Å². The summed E-state index contributed by atoms with van der Waals surface area (Å²) in [6.45, 7) is 0.723. The van der Waals surface area contributed by atoms with E-state index >= 15 is 0 Å². The summed E-state index contributed by atoms with van der Waals surface area (Å²) < 4.78 is 52.0. The number of aromatic nitrogens is 2. The van der Waals surface area contributed by atoms with Crippen molar-refractivity contribution >= 4 is 23.0 Å². The average molecular weight is 485 g/mol. The molecular formula is C24H18F3N3O5. The Kier molecular flexibility index (Phi) is 6.67. The van der Waals surface area contributed by atoms with Crippen LogP contribution in [-0.2, 0) is 16.1 Å². The van der Waals surface area contributed by atoms with Crippen molar-refractivity contribution in [2.24, 2.45) is 0 Å². The molecule has 1 N–H and O–H groups in total. The highest BCUT2D eigenvalue weighted by atomic mass is 19.4. The molecule has 1 amide bonds. The van der Waals surface area contributed by atoms with Crippen LogP contribution in [0.2, 0.25) is 0 Å². The van der Waals surface area contributed by atoms with E-state index < -0.39 is 30.6 Å². The number of carbonyl (C=O) groups excluding carboxylic acids is 2. The number of carbonyl (C=O) groups is 2. The quantitative estimate of drug-likeness (QED) is 0.383. The van der Waals surface area contributed by atoms with Crippen LogP contribution in [-0.4, -0.2) is 35.0 Å². The van der Waals surface area contributed by atoms with E-state index in [-0.39, 0.29) is 23.4 Å². The number of ether oxygens (including phenoxy) is 2. The monoisotopic (exact) mass is 485 g/mol. The summed E-state index contributed by atoms with van der Waals surface area (Å²) in [4.78, 5) is 29.5. The molecule has 0 aliphatic carbocycles. The lowest BCUT2D eigenvalue weighted by Crippen LogP contribution is -2.29. The number of nitrogens with one attached hydrogen (secondary N) is 1. The number of nitrogens with zero attached hydrogens (tertiary/aromatic N) is 2. The maximum Gasteiger partial charge on any atom is 0.573 e. The molecule has 0 saturated carbocycles. The Morgan fingerprint density at radius 3 is 2.51 bits per heavy atom. The summed E-state index contributed by atoms with van der Waals surface area (Å²) in [6.07, 6.45) is -4.87. The minimum absolute atomic E-state index is 0.105. The Balaban J connectivity index is 1.45. The molecular weight excluding hydrogens is 467 g/mol. The largest absolute Gasteiger partial charge is 0.573 e. The molecule has 35 heavy (non-hydrogen) atoms. The van der Waals surface area contributed by atoms with Crippen LogP contribution >= 0.6 is 0 Å². The minimum atomic E-state index is -4.87. The van der Waals surface area contributed by atoms with E-state index in [0.29, 0.717) is 16.8 Å². The van der Waals surface area contributed by atoms with Gasteiger partial charge in [0.25, 0.3) is 11.6 Å². The molecule has 180 valence electrons. The number of rotatable bonds is 7. The van der Waals surface area contributed by atoms with Gasteiger partial charge in [0.1, 0.15) is 5.75 Å². The van der Waals surface area contributed by atoms with Gasteiger partial charge >= 0.3 is 12.3 Å². The molecule has 4 rings (SSSR count). The van der Waals surface area contributed by atoms with Gasteiger partial charge < -0.3 is 19.3 Å². The van der Waals surface area contributed by atoms with Crippen LogP contribution in [0, 0.1) is 6.92 Å². The smallest absolute Gasteiger partial charge is 0.452 e. The Hall–Kier alpha value is -4.41. The van der Waals surface area contributed by atoms with Crippen molar-refractivity contribution < 1.29 is 36.8 Å². The first-order valence-electron chi connectivity index (χ1n) is 10.3. The number of aryl methyl sites for hydroxylation is 1. The van der Waals surface area contributed by atoms with Crippen LogP contribution in [0.15, 0.2) is 65.2 Å². The maximum atomic E-state index is 12.8. The second-order valence-electron chi connectivity index (χ2n) is 7.38. The number of benzene rings is 2. The third-order valence-corrected chi connectivity index (χ3v) is 4.92. The van der Waals surface area contributed by atoms with Gasteiger partial charge in [-0.3, -0.25) is 4.79 Å². The Bertz CT molecular complexity index is 1370. The lowest BCUT2D eigenvalue weighted by Gasteiger charge is -2.13. The van der Waals surface area contributed by atoms with E-state index in [1.165, 1.54) is 24.3 Å². The molecule has 2 aromatic heterocycles. The average Bonchev–Trinajstić information content (AvgIpc) is 3.21. The molecule has 11 heteroatoms. The fourth-order valence-electron chi connectivity index (χ4n) is 3.34. The van der Waals surface area contributed by atoms with Crippen molar-refractivity contribution in [1.82, 2.24) is 15.5 Å². The second-order valence-corrected chi connectivity index (χ2v) is 7.38. The Morgan fingerprint density at radius 1 is 1.06 bits per heavy atom. The molecule has 0 radical (unpaired) electrons. The van der Waals surface area contributed by atoms with Gasteiger partial charge in [0.15, 0.2) is 6.61 Å². The second kappa shape index (κ2) is 9.84. The van der Waals surface area contributed by atoms with Gasteiger partial charge in [-0.2, -0.15) is 0 Å². The number of amides is 1. The molecule has 0 atom stereocenters. The first-order valence-corrected chi connectivity index (χ1v) is 10.3. The van der Waals surface area contributed by atoms with Crippen molar-refractivity contribution in [3.63, 3.8) is 0 Å². The number of halogens is 3. The molecule has 8 nitrogen and oxygen atoms in total. The summed E-state index contributed by atoms with van der Waals surface area (Å²) in [6, 6.07) is 16.0. The van der Waals surface area contributed by atoms with Crippen LogP contribution in [0.4, 0.5) is 13.2 Å². The van der Waals surface area contributed by atoms with E-state index in [4.69, 9.17) is 9.26 Å². The van der Waals surface area contributed by atoms with Gasteiger partial charge in [-0.15, -0.1) is 13.2 Å². The highest BCUT2D eigenvalue weighted by Gasteiger charge is 2.32. The molecule has 0 saturated heterocycles. The van der Waals surface area contributed by atoms with Gasteiger partial charge in [-0.25, -0.2) is 9.78 Å². The predicted molar refractivity (Wildman–Crippen MR) is 117 cm³/mol. The summed E-state index contributed by atoms with van der Waals surface area (Å²) >= 11 is 0. The van der Waals surface area contributed by atoms with Crippen molar-refractivity contribution in [1.29, 1.82) is 0 Å². The standard InChI is InChI=1S/C24H18F3N3O5/c1-14-21-17(11-18(29-22(21)35-30-14)15-7-3-2-4-8-15)23(32)33-13-20(31)28-12-16-9-5-6-10-19(16)34-24(25,26)27/h2-11H,12-13H2,1H3,(H,28,31). The zero-order valence-corrected chi connectivity index (χ0v) is 18.3. The van der Waals surface area contributed by atoms with E-state index in [1.54, 1.807) is 19.1 Å². The molecule has 2 aromatic carbocycles. The van der Waals surface area contributed by atoms with Crippen LogP contribution in [0.3, 0.4) is 0 Å². The lowest BCUT2D eigenvalue weighted by atomic mass is 10.1. The van der Waals surface area contributed by atoms with Crippen molar-refractivity contribution in [2.75, 3.05) is 6.61 Å². The van der Waals surface area contributed by atoms with Gasteiger partial charge in [0, 0.05) is 17.7 Å². The third-order valence-electron chi connectivity index (χ3n) is 4.92. The first kappa shape index (κ1) is 23.7. The molecule has 2 heterocycles. The Morgan fingerprint density at radius 2 is 1.77 bits per heavy atom. The molecule has 0 bridgehead atoms. The minimum Gasteiger partial charge on any atom is -0.452 e. The molecule has 0 fully saturated rings. The molecule has 0 aliphatic rings. The summed E-state index contributed by atoms with van der Waals surface area (Å²) in [5.74, 6) is -1.96. The molecule has 4 aromatic rings. The summed E-state index contributed by atoms with van der Waals surface area (Å²) in [5, 5.41) is 6.61. The number of hydrogen-bond acceptors (Lipinski definition) is 7.